The summed E-state index contributed by atoms with van der Waals surface area (Å²) in [6.45, 7) is 4.75. The molecular weight excluding hydrogens is 869 g/mol. The predicted molar refractivity (Wildman–Crippen MR) is 300 cm³/mol. The Labute approximate surface area is 420 Å². The molecule has 0 N–H and O–H groups in total. The average molecular weight is 917 g/mol. The molecule has 0 saturated heterocycles. The van der Waals surface area contributed by atoms with Crippen LogP contribution in [0, 0.1) is 0 Å². The lowest BCUT2D eigenvalue weighted by Gasteiger charge is -2.39. The molecule has 1 aromatic heterocycles. The predicted octanol–water partition coefficient (Wildman–Crippen LogP) is 18.2. The Bertz CT molecular complexity index is 4210. The first-order valence-corrected chi connectivity index (χ1v) is 25.3. The largest absolute Gasteiger partial charge is 0.310 e. The van der Waals surface area contributed by atoms with Crippen LogP contribution in [0.25, 0.3) is 83.1 Å². The van der Waals surface area contributed by atoms with Crippen LogP contribution >= 0.6 is 0 Å². The Morgan fingerprint density at radius 1 is 0.319 bits per heavy atom. The summed E-state index contributed by atoms with van der Waals surface area (Å²) in [7, 11) is 0. The third-order valence-corrected chi connectivity index (χ3v) is 16.4. The molecule has 1 unspecified atom stereocenters. The molecule has 2 heterocycles. The number of rotatable bonds is 6. The van der Waals surface area contributed by atoms with Gasteiger partial charge in [0, 0.05) is 33.1 Å². The number of aromatic nitrogens is 1. The minimum Gasteiger partial charge on any atom is -0.310 e. The first-order valence-electron chi connectivity index (χ1n) is 25.3. The highest BCUT2D eigenvalue weighted by Crippen LogP contribution is 2.62. The molecule has 12 aromatic rings. The number of fused-ring (bicyclic) bond motifs is 15. The Hall–Kier alpha value is -8.98. The van der Waals surface area contributed by atoms with Crippen molar-refractivity contribution in [3.05, 3.63) is 288 Å². The second-order valence-electron chi connectivity index (χ2n) is 20.4. The van der Waals surface area contributed by atoms with E-state index in [4.69, 9.17) is 0 Å². The number of anilines is 3. The summed E-state index contributed by atoms with van der Waals surface area (Å²) in [5.74, 6) is 0. The van der Waals surface area contributed by atoms with E-state index < -0.39 is 5.41 Å². The van der Waals surface area contributed by atoms with E-state index in [1.165, 1.54) is 117 Å². The van der Waals surface area contributed by atoms with Crippen molar-refractivity contribution >= 4 is 38.9 Å². The average Bonchev–Trinajstić information content (AvgIpc) is 4.02. The second-order valence-corrected chi connectivity index (χ2v) is 20.4. The molecule has 1 aliphatic heterocycles. The SMILES string of the molecule is CC1(C)c2ccccc2-c2ccc(N(c3cccc(-c4ccc5c(c4)C4(c6ccccc6-5)c5ccccc5-n5c6ccccc6c6cccc4c65)c3)c3ccccc3-c3cccc(-c4ccccc4)c3)cc21. The van der Waals surface area contributed by atoms with E-state index in [1.54, 1.807) is 0 Å². The molecule has 2 aliphatic carbocycles. The summed E-state index contributed by atoms with van der Waals surface area (Å²) in [6.07, 6.45) is 0. The molecule has 11 aromatic carbocycles. The number of nitrogens with zero attached hydrogens (tertiary/aromatic N) is 2. The van der Waals surface area contributed by atoms with E-state index in [9.17, 15) is 0 Å². The van der Waals surface area contributed by atoms with Crippen molar-refractivity contribution in [1.82, 2.24) is 4.57 Å². The van der Waals surface area contributed by atoms with E-state index in [-0.39, 0.29) is 5.41 Å². The molecule has 338 valence electrons. The van der Waals surface area contributed by atoms with Crippen LogP contribution in [0.15, 0.2) is 255 Å². The first kappa shape index (κ1) is 40.9. The van der Waals surface area contributed by atoms with Crippen LogP contribution in [0.4, 0.5) is 17.1 Å². The van der Waals surface area contributed by atoms with Crippen molar-refractivity contribution in [3.63, 3.8) is 0 Å². The monoisotopic (exact) mass is 916 g/mol. The van der Waals surface area contributed by atoms with Crippen molar-refractivity contribution in [2.75, 3.05) is 4.90 Å². The molecule has 0 bridgehead atoms. The summed E-state index contributed by atoms with van der Waals surface area (Å²) in [6, 6.07) is 95.4. The van der Waals surface area contributed by atoms with Gasteiger partial charge >= 0.3 is 0 Å². The number of para-hydroxylation sites is 4. The standard InChI is InChI=1S/C70H48N2/c1-69(2)59-30-10-6-26-53(59)55-40-38-51(44-63(55)69)71(65-34-13-8-25-52(65)49-23-16-21-46(41-49)45-19-4-3-5-20-45)50-24-17-22-47(42-50)48-37-39-56-54-27-7-11-31-60(54)70(64(56)43-48)61-32-12-15-36-67(61)72-66-35-14-9-28-57(66)58-29-18-33-62(70)68(58)72/h3-44H,1-2H3. The smallest absolute Gasteiger partial charge is 0.0754 e. The van der Waals surface area contributed by atoms with Crippen LogP contribution in [-0.2, 0) is 10.8 Å². The summed E-state index contributed by atoms with van der Waals surface area (Å²) >= 11 is 0. The van der Waals surface area contributed by atoms with Gasteiger partial charge in [0.05, 0.1) is 27.8 Å². The lowest BCUT2D eigenvalue weighted by atomic mass is 9.65. The molecule has 1 atom stereocenters. The first-order chi connectivity index (χ1) is 35.5. The maximum atomic E-state index is 2.53. The van der Waals surface area contributed by atoms with Gasteiger partial charge in [0.25, 0.3) is 0 Å². The summed E-state index contributed by atoms with van der Waals surface area (Å²) in [5.41, 5.74) is 26.8. The maximum Gasteiger partial charge on any atom is 0.0754 e. The van der Waals surface area contributed by atoms with E-state index >= 15 is 0 Å². The van der Waals surface area contributed by atoms with E-state index in [1.807, 2.05) is 0 Å². The van der Waals surface area contributed by atoms with E-state index in [0.717, 1.165) is 17.1 Å². The van der Waals surface area contributed by atoms with E-state index in [0.29, 0.717) is 0 Å². The lowest BCUT2D eigenvalue weighted by Crippen LogP contribution is -2.33. The van der Waals surface area contributed by atoms with Crippen LogP contribution in [0.1, 0.15) is 47.2 Å². The fraction of sp³-hybridized carbons (Fsp3) is 0.0571. The van der Waals surface area contributed by atoms with Gasteiger partial charge in [-0.05, 0) is 138 Å². The number of benzene rings is 11. The van der Waals surface area contributed by atoms with Gasteiger partial charge in [-0.1, -0.05) is 214 Å². The van der Waals surface area contributed by atoms with Crippen LogP contribution in [0.3, 0.4) is 0 Å². The normalized spacial score (nSPS) is 15.2. The van der Waals surface area contributed by atoms with Crippen LogP contribution in [0.5, 0.6) is 0 Å². The van der Waals surface area contributed by atoms with Gasteiger partial charge in [-0.25, -0.2) is 0 Å². The Morgan fingerprint density at radius 3 is 1.74 bits per heavy atom. The zero-order valence-corrected chi connectivity index (χ0v) is 40.1. The fourth-order valence-electron chi connectivity index (χ4n) is 13.2. The molecule has 1 spiro atoms. The third kappa shape index (κ3) is 5.61. The van der Waals surface area contributed by atoms with Crippen LogP contribution in [-0.4, -0.2) is 4.57 Å². The summed E-state index contributed by atoms with van der Waals surface area (Å²) in [4.78, 5) is 2.50. The van der Waals surface area contributed by atoms with Crippen molar-refractivity contribution in [1.29, 1.82) is 0 Å². The number of hydrogen-bond donors (Lipinski definition) is 0. The van der Waals surface area contributed by atoms with Crippen molar-refractivity contribution in [2.24, 2.45) is 0 Å². The molecule has 0 saturated carbocycles. The van der Waals surface area contributed by atoms with Gasteiger partial charge in [0.15, 0.2) is 0 Å². The molecule has 0 fully saturated rings. The lowest BCUT2D eigenvalue weighted by molar-refractivity contribution is 0.660. The second kappa shape index (κ2) is 15.3. The zero-order valence-electron chi connectivity index (χ0n) is 40.1. The van der Waals surface area contributed by atoms with Crippen LogP contribution in [0.2, 0.25) is 0 Å². The molecule has 72 heavy (non-hydrogen) atoms. The highest BCUT2D eigenvalue weighted by molar-refractivity contribution is 6.13. The molecule has 2 nitrogen and oxygen atoms in total. The zero-order chi connectivity index (χ0) is 47.7. The molecular formula is C70H48N2. The van der Waals surface area contributed by atoms with Crippen molar-refractivity contribution < 1.29 is 0 Å². The minimum atomic E-state index is -0.534. The molecule has 0 amide bonds. The van der Waals surface area contributed by atoms with Crippen molar-refractivity contribution in [2.45, 2.75) is 24.7 Å². The van der Waals surface area contributed by atoms with Gasteiger partial charge in [0.2, 0.25) is 0 Å². The van der Waals surface area contributed by atoms with Gasteiger partial charge in [-0.3, -0.25) is 0 Å². The minimum absolute atomic E-state index is 0.159. The van der Waals surface area contributed by atoms with Gasteiger partial charge < -0.3 is 9.47 Å². The summed E-state index contributed by atoms with van der Waals surface area (Å²) < 4.78 is 2.53. The van der Waals surface area contributed by atoms with Crippen LogP contribution < -0.4 is 4.90 Å². The van der Waals surface area contributed by atoms with Gasteiger partial charge in [-0.2, -0.15) is 0 Å². The Balaban J connectivity index is 0.939. The Kier molecular flexibility index (Phi) is 8.66. The summed E-state index contributed by atoms with van der Waals surface area (Å²) in [5, 5.41) is 2.57. The molecule has 15 rings (SSSR count). The third-order valence-electron chi connectivity index (χ3n) is 16.4. The highest BCUT2D eigenvalue weighted by atomic mass is 15.1. The maximum absolute atomic E-state index is 2.53. The highest BCUT2D eigenvalue weighted by Gasteiger charge is 2.51. The quantitative estimate of drug-likeness (QED) is 0.161. The fourth-order valence-corrected chi connectivity index (χ4v) is 13.2. The molecule has 0 radical (unpaired) electrons. The number of hydrogen-bond acceptors (Lipinski definition) is 1. The van der Waals surface area contributed by atoms with E-state index in [2.05, 4.69) is 278 Å². The molecule has 3 aliphatic rings. The Morgan fingerprint density at radius 2 is 0.875 bits per heavy atom. The topological polar surface area (TPSA) is 8.17 Å². The van der Waals surface area contributed by atoms with Gasteiger partial charge in [-0.15, -0.1) is 0 Å². The van der Waals surface area contributed by atoms with Crippen molar-refractivity contribution in [3.8, 4) is 61.3 Å². The van der Waals surface area contributed by atoms with Gasteiger partial charge in [0.1, 0.15) is 0 Å². The molecule has 2 heteroatoms.